The monoisotopic (exact) mass is 542 g/mol. The van der Waals surface area contributed by atoms with Crippen LogP contribution in [0.15, 0.2) is 47.7 Å². The number of carbonyl (C=O) groups is 3. The summed E-state index contributed by atoms with van der Waals surface area (Å²) < 4.78 is 31.4. The zero-order chi connectivity index (χ0) is 27.8. The van der Waals surface area contributed by atoms with Gasteiger partial charge >= 0.3 is 11.8 Å². The van der Waals surface area contributed by atoms with Crippen molar-refractivity contribution in [2.24, 2.45) is 0 Å². The molecule has 3 aromatic rings. The van der Waals surface area contributed by atoms with Crippen LogP contribution >= 0.6 is 0 Å². The number of piperidine rings is 1. The molecule has 39 heavy (non-hydrogen) atoms. The van der Waals surface area contributed by atoms with Gasteiger partial charge in [0.05, 0.1) is 30.7 Å². The molecule has 1 atom stereocenters. The Morgan fingerprint density at radius 2 is 1.90 bits per heavy atom. The highest BCUT2D eigenvalue weighted by Gasteiger charge is 2.25. The number of carbonyl (C=O) groups excluding carboxylic acids is 3. The SMILES string of the molecule is O=C(Nc1ccn(CCC(F)Cn2cc(C(=O)NCc3ccccn3)nn2)c(=O)c1F)C(=O)N1CCCCC1. The van der Waals surface area contributed by atoms with E-state index in [4.69, 9.17) is 0 Å². The molecule has 1 unspecified atom stereocenters. The number of nitrogens with one attached hydrogen (secondary N) is 2. The third kappa shape index (κ3) is 7.30. The maximum Gasteiger partial charge on any atom is 0.313 e. The molecule has 1 aliphatic heterocycles. The van der Waals surface area contributed by atoms with Crippen molar-refractivity contribution in [3.8, 4) is 0 Å². The van der Waals surface area contributed by atoms with Crippen LogP contribution in [0, 0.1) is 5.82 Å². The van der Waals surface area contributed by atoms with E-state index in [-0.39, 0.29) is 31.7 Å². The Kier molecular flexibility index (Phi) is 9.07. The largest absolute Gasteiger partial charge is 0.345 e. The lowest BCUT2D eigenvalue weighted by atomic mass is 10.1. The average Bonchev–Trinajstić information content (AvgIpc) is 3.42. The summed E-state index contributed by atoms with van der Waals surface area (Å²) in [6.45, 7) is 0.723. The van der Waals surface area contributed by atoms with Crippen molar-refractivity contribution >= 4 is 23.4 Å². The Hall–Kier alpha value is -4.49. The van der Waals surface area contributed by atoms with E-state index in [2.05, 4.69) is 25.9 Å². The van der Waals surface area contributed by atoms with Crippen LogP contribution in [0.4, 0.5) is 14.5 Å². The summed E-state index contributed by atoms with van der Waals surface area (Å²) in [6.07, 6.45) is 5.05. The molecule has 0 aromatic carbocycles. The second-order valence-electron chi connectivity index (χ2n) is 9.06. The number of likely N-dealkylation sites (tertiary alicyclic amines) is 1. The lowest BCUT2D eigenvalue weighted by Crippen LogP contribution is -2.42. The molecule has 0 aliphatic carbocycles. The molecule has 3 amide bonds. The van der Waals surface area contributed by atoms with Crippen LogP contribution in [0.3, 0.4) is 0 Å². The zero-order valence-electron chi connectivity index (χ0n) is 21.1. The molecule has 3 aromatic heterocycles. The van der Waals surface area contributed by atoms with Crippen molar-refractivity contribution in [2.75, 3.05) is 18.4 Å². The fourth-order valence-corrected chi connectivity index (χ4v) is 4.06. The summed E-state index contributed by atoms with van der Waals surface area (Å²) in [6, 6.07) is 6.45. The van der Waals surface area contributed by atoms with Crippen LogP contribution in [0.2, 0.25) is 0 Å². The molecule has 14 heteroatoms. The van der Waals surface area contributed by atoms with E-state index in [9.17, 15) is 28.0 Å². The number of alkyl halides is 1. The number of hydrogen-bond donors (Lipinski definition) is 2. The zero-order valence-corrected chi connectivity index (χ0v) is 21.1. The van der Waals surface area contributed by atoms with Gasteiger partial charge in [0.1, 0.15) is 6.17 Å². The summed E-state index contributed by atoms with van der Waals surface area (Å²) >= 11 is 0. The van der Waals surface area contributed by atoms with Crippen LogP contribution in [-0.2, 0) is 29.2 Å². The number of aromatic nitrogens is 5. The van der Waals surface area contributed by atoms with Crippen LogP contribution in [0.1, 0.15) is 41.9 Å². The topological polar surface area (TPSA) is 144 Å². The molecule has 1 fully saturated rings. The average molecular weight is 543 g/mol. The van der Waals surface area contributed by atoms with Gasteiger partial charge in [-0.05, 0) is 43.9 Å². The molecule has 1 aliphatic rings. The van der Waals surface area contributed by atoms with Crippen molar-refractivity contribution in [3.05, 3.63) is 70.4 Å². The summed E-state index contributed by atoms with van der Waals surface area (Å²) in [7, 11) is 0. The highest BCUT2D eigenvalue weighted by molar-refractivity contribution is 6.39. The van der Waals surface area contributed by atoms with Gasteiger partial charge in [0, 0.05) is 32.0 Å². The number of halogens is 2. The molecule has 0 radical (unpaired) electrons. The molecule has 4 rings (SSSR count). The van der Waals surface area contributed by atoms with Crippen LogP contribution < -0.4 is 16.2 Å². The molecule has 12 nitrogen and oxygen atoms in total. The van der Waals surface area contributed by atoms with Crippen LogP contribution in [0.25, 0.3) is 0 Å². The number of nitrogens with zero attached hydrogens (tertiary/aromatic N) is 6. The van der Waals surface area contributed by atoms with Crippen molar-refractivity contribution < 1.29 is 23.2 Å². The van der Waals surface area contributed by atoms with Gasteiger partial charge in [0.15, 0.2) is 5.69 Å². The van der Waals surface area contributed by atoms with E-state index in [0.29, 0.717) is 18.8 Å². The van der Waals surface area contributed by atoms with Crippen LogP contribution in [0.5, 0.6) is 0 Å². The number of anilines is 1. The van der Waals surface area contributed by atoms with Gasteiger partial charge in [-0.25, -0.2) is 9.07 Å². The van der Waals surface area contributed by atoms with Gasteiger partial charge in [-0.15, -0.1) is 5.10 Å². The Balaban J connectivity index is 1.27. The first kappa shape index (κ1) is 27.5. The smallest absolute Gasteiger partial charge is 0.313 e. The molecule has 4 heterocycles. The second kappa shape index (κ2) is 12.8. The Morgan fingerprint density at radius 1 is 1.10 bits per heavy atom. The fourth-order valence-electron chi connectivity index (χ4n) is 4.06. The second-order valence-corrected chi connectivity index (χ2v) is 9.06. The molecule has 206 valence electrons. The quantitative estimate of drug-likeness (QED) is 0.388. The van der Waals surface area contributed by atoms with E-state index in [0.717, 1.165) is 29.9 Å². The highest BCUT2D eigenvalue weighted by Crippen LogP contribution is 2.13. The van der Waals surface area contributed by atoms with Gasteiger partial charge in [0.25, 0.3) is 11.5 Å². The first-order chi connectivity index (χ1) is 18.8. The molecule has 0 bridgehead atoms. The number of pyridine rings is 2. The third-order valence-corrected chi connectivity index (χ3v) is 6.19. The predicted molar refractivity (Wildman–Crippen MR) is 135 cm³/mol. The number of hydrogen-bond acceptors (Lipinski definition) is 7. The summed E-state index contributed by atoms with van der Waals surface area (Å²) in [5.41, 5.74) is -0.805. The molecule has 0 saturated carbocycles. The maximum absolute atomic E-state index is 14.6. The Labute approximate surface area is 222 Å². The summed E-state index contributed by atoms with van der Waals surface area (Å²) in [5, 5.41) is 12.3. The summed E-state index contributed by atoms with van der Waals surface area (Å²) in [5.74, 6) is -3.53. The van der Waals surface area contributed by atoms with Crippen molar-refractivity contribution in [3.63, 3.8) is 0 Å². The Bertz CT molecular complexity index is 1370. The van der Waals surface area contributed by atoms with Gasteiger partial charge in [-0.3, -0.25) is 24.2 Å². The van der Waals surface area contributed by atoms with Gasteiger partial charge in [-0.2, -0.15) is 4.39 Å². The molecule has 2 N–H and O–H groups in total. The first-order valence-electron chi connectivity index (χ1n) is 12.5. The summed E-state index contributed by atoms with van der Waals surface area (Å²) in [4.78, 5) is 54.6. The fraction of sp³-hybridized carbons (Fsp3) is 0.400. The van der Waals surface area contributed by atoms with E-state index in [1.54, 1.807) is 24.4 Å². The van der Waals surface area contributed by atoms with Crippen molar-refractivity contribution in [2.45, 2.75) is 51.5 Å². The molecule has 1 saturated heterocycles. The van der Waals surface area contributed by atoms with E-state index in [1.807, 2.05) is 0 Å². The van der Waals surface area contributed by atoms with E-state index < -0.39 is 41.0 Å². The minimum Gasteiger partial charge on any atom is -0.345 e. The lowest BCUT2D eigenvalue weighted by Gasteiger charge is -2.25. The van der Waals surface area contributed by atoms with Gasteiger partial charge in [0.2, 0.25) is 5.82 Å². The van der Waals surface area contributed by atoms with E-state index >= 15 is 0 Å². The number of rotatable bonds is 9. The minimum absolute atomic E-state index is 0.00725. The van der Waals surface area contributed by atoms with E-state index in [1.165, 1.54) is 22.0 Å². The standard InChI is InChI=1S/C25H28F2N8O4/c26-17(15-35-16-20(31-32-35)22(36)29-14-18-6-2-3-9-28-18)7-12-34-13-8-19(21(27)24(34)38)30-23(37)25(39)33-10-4-1-5-11-33/h2-3,6,8-9,13,16-17H,1,4-5,7,10-12,14-15H2,(H,29,36)(H,30,37). The van der Waals surface area contributed by atoms with Crippen molar-refractivity contribution in [1.29, 1.82) is 0 Å². The van der Waals surface area contributed by atoms with Crippen molar-refractivity contribution in [1.82, 2.24) is 34.8 Å². The molecular weight excluding hydrogens is 514 g/mol. The third-order valence-electron chi connectivity index (χ3n) is 6.19. The van der Waals surface area contributed by atoms with Crippen LogP contribution in [-0.4, -0.2) is 66.4 Å². The molecular formula is C25H28F2N8O4. The van der Waals surface area contributed by atoms with Gasteiger partial charge in [-0.1, -0.05) is 11.3 Å². The lowest BCUT2D eigenvalue weighted by molar-refractivity contribution is -0.143. The molecule has 0 spiro atoms. The maximum atomic E-state index is 14.6. The Morgan fingerprint density at radius 3 is 2.64 bits per heavy atom. The minimum atomic E-state index is -1.48. The van der Waals surface area contributed by atoms with Gasteiger partial charge < -0.3 is 20.1 Å². The highest BCUT2D eigenvalue weighted by atomic mass is 19.1. The number of amides is 3. The number of aryl methyl sites for hydroxylation is 1. The predicted octanol–water partition coefficient (Wildman–Crippen LogP) is 1.28. The first-order valence-corrected chi connectivity index (χ1v) is 12.5. The normalized spacial score (nSPS) is 14.1.